The first-order valence-corrected chi connectivity index (χ1v) is 7.69. The molecule has 21 heavy (non-hydrogen) atoms. The summed E-state index contributed by atoms with van der Waals surface area (Å²) in [6, 6.07) is 1.76. The lowest BCUT2D eigenvalue weighted by molar-refractivity contribution is 0.247. The van der Waals surface area contributed by atoms with Gasteiger partial charge < -0.3 is 9.64 Å². The molecule has 2 aromatic rings. The second-order valence-corrected chi connectivity index (χ2v) is 6.14. The Hall–Kier alpha value is -1.80. The average molecular weight is 306 g/mol. The molecule has 0 aliphatic carbocycles. The smallest absolute Gasteiger partial charge is 0.228 e. The summed E-state index contributed by atoms with van der Waals surface area (Å²) in [4.78, 5) is 13.3. The van der Waals surface area contributed by atoms with Gasteiger partial charge in [0.1, 0.15) is 10.0 Å². The molecule has 112 valence electrons. The van der Waals surface area contributed by atoms with E-state index in [1.807, 2.05) is 6.92 Å². The molecule has 0 aromatic carbocycles. The van der Waals surface area contributed by atoms with Crippen LogP contribution in [-0.4, -0.2) is 58.4 Å². The Morgan fingerprint density at radius 2 is 2.05 bits per heavy atom. The normalized spacial score (nSPS) is 16.2. The van der Waals surface area contributed by atoms with E-state index in [0.29, 0.717) is 5.88 Å². The summed E-state index contributed by atoms with van der Waals surface area (Å²) in [5.41, 5.74) is 0. The number of ether oxygens (including phenoxy) is 1. The van der Waals surface area contributed by atoms with Crippen molar-refractivity contribution in [2.24, 2.45) is 0 Å². The van der Waals surface area contributed by atoms with Gasteiger partial charge in [-0.3, -0.25) is 4.90 Å². The molecule has 3 rings (SSSR count). The zero-order valence-electron chi connectivity index (χ0n) is 12.2. The van der Waals surface area contributed by atoms with Crippen molar-refractivity contribution in [2.75, 3.05) is 38.2 Å². The molecule has 0 atom stereocenters. The zero-order chi connectivity index (χ0) is 14.7. The number of aryl methyl sites for hydroxylation is 1. The number of aromatic nitrogens is 4. The Labute approximate surface area is 127 Å². The molecule has 0 unspecified atom stereocenters. The molecular formula is C13H18N6OS. The highest BCUT2D eigenvalue weighted by molar-refractivity contribution is 7.11. The van der Waals surface area contributed by atoms with E-state index < -0.39 is 0 Å². The van der Waals surface area contributed by atoms with E-state index in [4.69, 9.17) is 4.74 Å². The number of hydrogen-bond acceptors (Lipinski definition) is 8. The molecule has 0 radical (unpaired) electrons. The molecular weight excluding hydrogens is 288 g/mol. The highest BCUT2D eigenvalue weighted by Gasteiger charge is 2.20. The average Bonchev–Trinajstić information content (AvgIpc) is 2.93. The SMILES string of the molecule is COc1ccnc(N2CCN(Cc3nnc(C)s3)CC2)n1. The highest BCUT2D eigenvalue weighted by Crippen LogP contribution is 2.16. The molecule has 1 aliphatic heterocycles. The largest absolute Gasteiger partial charge is 0.481 e. The minimum atomic E-state index is 0.603. The van der Waals surface area contributed by atoms with Gasteiger partial charge in [-0.2, -0.15) is 4.98 Å². The fourth-order valence-electron chi connectivity index (χ4n) is 2.30. The van der Waals surface area contributed by atoms with Crippen molar-refractivity contribution in [2.45, 2.75) is 13.5 Å². The molecule has 1 fully saturated rings. The van der Waals surface area contributed by atoms with Crippen molar-refractivity contribution in [1.82, 2.24) is 25.1 Å². The van der Waals surface area contributed by atoms with Gasteiger partial charge in [0.25, 0.3) is 0 Å². The van der Waals surface area contributed by atoms with Crippen LogP contribution in [0.2, 0.25) is 0 Å². The van der Waals surface area contributed by atoms with Crippen molar-refractivity contribution in [3.63, 3.8) is 0 Å². The highest BCUT2D eigenvalue weighted by atomic mass is 32.1. The van der Waals surface area contributed by atoms with E-state index in [-0.39, 0.29) is 0 Å². The Balaban J connectivity index is 1.57. The van der Waals surface area contributed by atoms with Crippen LogP contribution in [0.25, 0.3) is 0 Å². The maximum Gasteiger partial charge on any atom is 0.228 e. The third-order valence-electron chi connectivity index (χ3n) is 3.41. The molecule has 3 heterocycles. The number of rotatable bonds is 4. The molecule has 1 saturated heterocycles. The van der Waals surface area contributed by atoms with Crippen LogP contribution in [0.15, 0.2) is 12.3 Å². The Morgan fingerprint density at radius 3 is 2.71 bits per heavy atom. The fourth-order valence-corrected chi connectivity index (χ4v) is 3.05. The van der Waals surface area contributed by atoms with Crippen LogP contribution in [0.4, 0.5) is 5.95 Å². The van der Waals surface area contributed by atoms with Gasteiger partial charge in [-0.15, -0.1) is 21.5 Å². The summed E-state index contributed by atoms with van der Waals surface area (Å²) in [6.07, 6.45) is 1.73. The van der Waals surface area contributed by atoms with Crippen molar-refractivity contribution < 1.29 is 4.74 Å². The quantitative estimate of drug-likeness (QED) is 0.833. The van der Waals surface area contributed by atoms with Crippen LogP contribution in [0.1, 0.15) is 10.0 Å². The molecule has 0 N–H and O–H groups in total. The van der Waals surface area contributed by atoms with Gasteiger partial charge in [-0.05, 0) is 6.92 Å². The summed E-state index contributed by atoms with van der Waals surface area (Å²) in [5, 5.41) is 10.3. The third kappa shape index (κ3) is 3.45. The molecule has 0 amide bonds. The van der Waals surface area contributed by atoms with Crippen LogP contribution in [-0.2, 0) is 6.54 Å². The van der Waals surface area contributed by atoms with Crippen LogP contribution in [0, 0.1) is 6.92 Å². The number of anilines is 1. The second kappa shape index (κ2) is 6.31. The maximum absolute atomic E-state index is 5.15. The Morgan fingerprint density at radius 1 is 1.24 bits per heavy atom. The molecule has 0 bridgehead atoms. The number of nitrogens with zero attached hydrogens (tertiary/aromatic N) is 6. The van der Waals surface area contributed by atoms with Crippen LogP contribution >= 0.6 is 11.3 Å². The second-order valence-electron chi connectivity index (χ2n) is 4.88. The van der Waals surface area contributed by atoms with Gasteiger partial charge in [-0.25, -0.2) is 4.98 Å². The van der Waals surface area contributed by atoms with E-state index in [0.717, 1.165) is 48.7 Å². The predicted molar refractivity (Wildman–Crippen MR) is 80.7 cm³/mol. The van der Waals surface area contributed by atoms with Crippen LogP contribution in [0.3, 0.4) is 0 Å². The Kier molecular flexibility index (Phi) is 4.26. The standard InChI is InChI=1S/C13H18N6OS/c1-10-16-17-12(21-10)9-18-5-7-19(8-6-18)13-14-4-3-11(15-13)20-2/h3-4H,5-9H2,1-2H3. The van der Waals surface area contributed by atoms with Gasteiger partial charge in [0.15, 0.2) is 0 Å². The first kappa shape index (κ1) is 14.2. The van der Waals surface area contributed by atoms with Crippen molar-refractivity contribution in [3.8, 4) is 5.88 Å². The molecule has 0 spiro atoms. The molecule has 0 saturated carbocycles. The third-order valence-corrected chi connectivity index (χ3v) is 4.23. The summed E-state index contributed by atoms with van der Waals surface area (Å²) in [7, 11) is 1.62. The molecule has 7 nitrogen and oxygen atoms in total. The summed E-state index contributed by atoms with van der Waals surface area (Å²) >= 11 is 1.66. The lowest BCUT2D eigenvalue weighted by Crippen LogP contribution is -2.46. The molecule has 2 aromatic heterocycles. The lowest BCUT2D eigenvalue weighted by atomic mass is 10.3. The van der Waals surface area contributed by atoms with E-state index in [1.54, 1.807) is 30.7 Å². The number of methoxy groups -OCH3 is 1. The van der Waals surface area contributed by atoms with Gasteiger partial charge >= 0.3 is 0 Å². The molecule has 8 heteroatoms. The monoisotopic (exact) mass is 306 g/mol. The van der Waals surface area contributed by atoms with E-state index in [9.17, 15) is 0 Å². The van der Waals surface area contributed by atoms with Crippen molar-refractivity contribution >= 4 is 17.3 Å². The zero-order valence-corrected chi connectivity index (χ0v) is 13.0. The van der Waals surface area contributed by atoms with Gasteiger partial charge in [0, 0.05) is 38.4 Å². The van der Waals surface area contributed by atoms with Gasteiger partial charge in [-0.1, -0.05) is 0 Å². The Bertz CT molecular complexity index is 596. The predicted octanol–water partition coefficient (Wildman–Crippen LogP) is 0.967. The first-order valence-electron chi connectivity index (χ1n) is 6.88. The minimum absolute atomic E-state index is 0.603. The maximum atomic E-state index is 5.15. The van der Waals surface area contributed by atoms with Crippen LogP contribution < -0.4 is 9.64 Å². The van der Waals surface area contributed by atoms with Crippen LogP contribution in [0.5, 0.6) is 5.88 Å². The van der Waals surface area contributed by atoms with Crippen molar-refractivity contribution in [3.05, 3.63) is 22.3 Å². The van der Waals surface area contributed by atoms with Crippen molar-refractivity contribution in [1.29, 1.82) is 0 Å². The summed E-state index contributed by atoms with van der Waals surface area (Å²) < 4.78 is 5.15. The lowest BCUT2D eigenvalue weighted by Gasteiger charge is -2.34. The van der Waals surface area contributed by atoms with Gasteiger partial charge in [0.05, 0.1) is 13.7 Å². The number of piperazine rings is 1. The summed E-state index contributed by atoms with van der Waals surface area (Å²) in [5.74, 6) is 1.34. The first-order chi connectivity index (χ1) is 10.2. The number of hydrogen-bond donors (Lipinski definition) is 0. The van der Waals surface area contributed by atoms with E-state index in [1.165, 1.54) is 0 Å². The van der Waals surface area contributed by atoms with E-state index in [2.05, 4.69) is 30.0 Å². The topological polar surface area (TPSA) is 67.3 Å². The fraction of sp³-hybridized carbons (Fsp3) is 0.538. The van der Waals surface area contributed by atoms with Gasteiger partial charge in [0.2, 0.25) is 11.8 Å². The van der Waals surface area contributed by atoms with E-state index >= 15 is 0 Å². The summed E-state index contributed by atoms with van der Waals surface area (Å²) in [6.45, 7) is 6.62. The minimum Gasteiger partial charge on any atom is -0.481 e. The molecule has 1 aliphatic rings.